The van der Waals surface area contributed by atoms with Gasteiger partial charge in [0, 0.05) is 13.1 Å². The van der Waals surface area contributed by atoms with Crippen molar-refractivity contribution in [2.45, 2.75) is 23.8 Å². The van der Waals surface area contributed by atoms with Gasteiger partial charge in [0.05, 0.1) is 15.5 Å². The predicted octanol–water partition coefficient (Wildman–Crippen LogP) is 2.01. The molecule has 0 radical (unpaired) electrons. The van der Waals surface area contributed by atoms with E-state index in [0.29, 0.717) is 0 Å². The van der Waals surface area contributed by atoms with Crippen LogP contribution in [-0.2, 0) is 10.0 Å². The molecule has 21 heavy (non-hydrogen) atoms. The Bertz CT molecular complexity index is 637. The summed E-state index contributed by atoms with van der Waals surface area (Å²) in [6, 6.07) is 6.11. The Morgan fingerprint density at radius 2 is 2.00 bits per heavy atom. The first kappa shape index (κ1) is 18.2. The fourth-order valence-electron chi connectivity index (χ4n) is 2.28. The minimum atomic E-state index is -3.59. The molecule has 1 aromatic rings. The van der Waals surface area contributed by atoms with E-state index in [1.165, 1.54) is 22.5 Å². The van der Waals surface area contributed by atoms with Gasteiger partial charge in [-0.05, 0) is 44.1 Å². The Balaban J connectivity index is 0.00000220. The second kappa shape index (κ2) is 7.43. The van der Waals surface area contributed by atoms with Crippen LogP contribution in [0.3, 0.4) is 0 Å². The van der Waals surface area contributed by atoms with Gasteiger partial charge in [0.25, 0.3) is 0 Å². The molecule has 0 aliphatic carbocycles. The largest absolute Gasteiger partial charge is 0.317 e. The third-order valence-electron chi connectivity index (χ3n) is 3.56. The maximum absolute atomic E-state index is 12.6. The molecule has 1 saturated heterocycles. The van der Waals surface area contributed by atoms with E-state index in [1.807, 2.05) is 6.07 Å². The first-order chi connectivity index (χ1) is 9.46. The molecule has 1 aromatic carbocycles. The normalized spacial score (nSPS) is 16.3. The van der Waals surface area contributed by atoms with Crippen molar-refractivity contribution in [2.24, 2.45) is 0 Å². The summed E-state index contributed by atoms with van der Waals surface area (Å²) in [5.74, 6) is 0. The van der Waals surface area contributed by atoms with Crippen LogP contribution in [0.25, 0.3) is 0 Å². The van der Waals surface area contributed by atoms with Crippen molar-refractivity contribution in [3.63, 3.8) is 0 Å². The van der Waals surface area contributed by atoms with Gasteiger partial charge in [-0.2, -0.15) is 9.57 Å². The molecular formula is C13H17Cl2N3O2S. The maximum Gasteiger partial charge on any atom is 0.243 e. The van der Waals surface area contributed by atoms with Crippen LogP contribution in [0.15, 0.2) is 23.1 Å². The summed E-state index contributed by atoms with van der Waals surface area (Å²) < 4.78 is 26.5. The van der Waals surface area contributed by atoms with E-state index in [-0.39, 0.29) is 33.9 Å². The quantitative estimate of drug-likeness (QED) is 0.905. The lowest BCUT2D eigenvalue weighted by Gasteiger charge is -2.30. The van der Waals surface area contributed by atoms with Crippen LogP contribution < -0.4 is 5.32 Å². The summed E-state index contributed by atoms with van der Waals surface area (Å²) in [5.41, 5.74) is 0.173. The lowest BCUT2D eigenvalue weighted by molar-refractivity contribution is 0.296. The summed E-state index contributed by atoms with van der Waals surface area (Å²) in [6.45, 7) is 1.63. The molecule has 0 amide bonds. The van der Waals surface area contributed by atoms with Crippen LogP contribution in [0.4, 0.5) is 0 Å². The maximum atomic E-state index is 12.6. The van der Waals surface area contributed by atoms with Gasteiger partial charge in [-0.3, -0.25) is 0 Å². The van der Waals surface area contributed by atoms with Crippen LogP contribution in [0.5, 0.6) is 0 Å². The van der Waals surface area contributed by atoms with Gasteiger partial charge in [0.1, 0.15) is 6.07 Å². The SMILES string of the molecule is CN(C1CCNCC1)S(=O)(=O)c1ccc(Cl)c(C#N)c1.Cl. The van der Waals surface area contributed by atoms with E-state index in [9.17, 15) is 8.42 Å². The summed E-state index contributed by atoms with van der Waals surface area (Å²) in [7, 11) is -2.00. The highest BCUT2D eigenvalue weighted by atomic mass is 35.5. The Labute approximate surface area is 136 Å². The number of nitrogens with zero attached hydrogens (tertiary/aromatic N) is 2. The zero-order valence-electron chi connectivity index (χ0n) is 11.5. The number of nitriles is 1. The topological polar surface area (TPSA) is 73.2 Å². The number of benzene rings is 1. The number of halogens is 2. The van der Waals surface area contributed by atoms with E-state index in [1.54, 1.807) is 7.05 Å². The molecule has 0 atom stereocenters. The first-order valence-corrected chi connectivity index (χ1v) is 8.17. The van der Waals surface area contributed by atoms with Crippen LogP contribution in [0.1, 0.15) is 18.4 Å². The van der Waals surface area contributed by atoms with Gasteiger partial charge < -0.3 is 5.32 Å². The number of rotatable bonds is 3. The molecule has 1 aliphatic rings. The van der Waals surface area contributed by atoms with Crippen molar-refractivity contribution < 1.29 is 8.42 Å². The molecule has 0 unspecified atom stereocenters. The van der Waals surface area contributed by atoms with E-state index in [2.05, 4.69) is 5.32 Å². The molecule has 1 fully saturated rings. The molecular weight excluding hydrogens is 333 g/mol. The Kier molecular flexibility index (Phi) is 6.44. The second-order valence-corrected chi connectivity index (χ2v) is 7.16. The molecule has 5 nitrogen and oxygen atoms in total. The highest BCUT2D eigenvalue weighted by Gasteiger charge is 2.29. The van der Waals surface area contributed by atoms with Gasteiger partial charge >= 0.3 is 0 Å². The molecule has 1 N–H and O–H groups in total. The minimum Gasteiger partial charge on any atom is -0.317 e. The summed E-state index contributed by atoms with van der Waals surface area (Å²) in [5, 5.41) is 12.4. The average Bonchev–Trinajstić information content (AvgIpc) is 2.47. The second-order valence-electron chi connectivity index (χ2n) is 4.76. The Hall–Kier alpha value is -0.840. The van der Waals surface area contributed by atoms with Crippen molar-refractivity contribution in [3.8, 4) is 6.07 Å². The predicted molar refractivity (Wildman–Crippen MR) is 84.3 cm³/mol. The number of sulfonamides is 1. The zero-order chi connectivity index (χ0) is 14.8. The summed E-state index contributed by atoms with van der Waals surface area (Å²) in [6.07, 6.45) is 1.57. The molecule has 1 heterocycles. The molecule has 0 saturated carbocycles. The molecule has 8 heteroatoms. The fraction of sp³-hybridized carbons (Fsp3) is 0.462. The van der Waals surface area contributed by atoms with Gasteiger partial charge in [-0.1, -0.05) is 11.6 Å². The van der Waals surface area contributed by atoms with Crippen molar-refractivity contribution in [1.82, 2.24) is 9.62 Å². The number of hydrogen-bond acceptors (Lipinski definition) is 4. The van der Waals surface area contributed by atoms with Crippen molar-refractivity contribution >= 4 is 34.0 Å². The Morgan fingerprint density at radius 3 is 2.57 bits per heavy atom. The van der Waals surface area contributed by atoms with E-state index >= 15 is 0 Å². The van der Waals surface area contributed by atoms with E-state index in [0.717, 1.165) is 25.9 Å². The number of piperidine rings is 1. The molecule has 0 spiro atoms. The zero-order valence-corrected chi connectivity index (χ0v) is 13.9. The lowest BCUT2D eigenvalue weighted by atomic mass is 10.1. The van der Waals surface area contributed by atoms with Crippen LogP contribution in [0.2, 0.25) is 5.02 Å². The van der Waals surface area contributed by atoms with Gasteiger partial charge in [0.15, 0.2) is 0 Å². The van der Waals surface area contributed by atoms with Gasteiger partial charge in [-0.15, -0.1) is 12.4 Å². The van der Waals surface area contributed by atoms with Crippen LogP contribution >= 0.6 is 24.0 Å². The summed E-state index contributed by atoms with van der Waals surface area (Å²) in [4.78, 5) is 0.111. The van der Waals surface area contributed by atoms with Crippen LogP contribution in [0, 0.1) is 11.3 Å². The van der Waals surface area contributed by atoms with Gasteiger partial charge in [0.2, 0.25) is 10.0 Å². The first-order valence-electron chi connectivity index (χ1n) is 6.35. The van der Waals surface area contributed by atoms with Crippen molar-refractivity contribution in [3.05, 3.63) is 28.8 Å². The molecule has 0 aromatic heterocycles. The highest BCUT2D eigenvalue weighted by molar-refractivity contribution is 7.89. The van der Waals surface area contributed by atoms with E-state index < -0.39 is 10.0 Å². The highest BCUT2D eigenvalue weighted by Crippen LogP contribution is 2.24. The van der Waals surface area contributed by atoms with Crippen LogP contribution in [-0.4, -0.2) is 38.9 Å². The average molecular weight is 350 g/mol. The lowest BCUT2D eigenvalue weighted by Crippen LogP contribution is -2.43. The fourth-order valence-corrected chi connectivity index (χ4v) is 3.89. The van der Waals surface area contributed by atoms with Gasteiger partial charge in [-0.25, -0.2) is 8.42 Å². The molecule has 2 rings (SSSR count). The monoisotopic (exact) mass is 349 g/mol. The third-order valence-corrected chi connectivity index (χ3v) is 5.79. The molecule has 116 valence electrons. The molecule has 0 bridgehead atoms. The number of nitrogens with one attached hydrogen (secondary N) is 1. The van der Waals surface area contributed by atoms with Crippen molar-refractivity contribution in [2.75, 3.05) is 20.1 Å². The Morgan fingerprint density at radius 1 is 1.38 bits per heavy atom. The van der Waals surface area contributed by atoms with Crippen molar-refractivity contribution in [1.29, 1.82) is 5.26 Å². The molecule has 1 aliphatic heterocycles. The summed E-state index contributed by atoms with van der Waals surface area (Å²) >= 11 is 5.84. The van der Waals surface area contributed by atoms with E-state index in [4.69, 9.17) is 16.9 Å². The number of hydrogen-bond donors (Lipinski definition) is 1. The smallest absolute Gasteiger partial charge is 0.243 e. The minimum absolute atomic E-state index is 0. The third kappa shape index (κ3) is 3.87. The standard InChI is InChI=1S/C13H16ClN3O2S.ClH/c1-17(11-4-6-16-7-5-11)20(18,19)12-2-3-13(14)10(8-12)9-15;/h2-3,8,11,16H,4-7H2,1H3;1H.